The molecule has 10 nitrogen and oxygen atoms in total. The minimum atomic E-state index is -1.22. The Morgan fingerprint density at radius 2 is 0.414 bits per heavy atom. The van der Waals surface area contributed by atoms with Crippen LogP contribution in [0.25, 0.3) is 11.4 Å². The third-order valence-corrected chi connectivity index (χ3v) is 16.0. The van der Waals surface area contributed by atoms with Crippen molar-refractivity contribution >= 4 is 79.3 Å². The van der Waals surface area contributed by atoms with Gasteiger partial charge in [0.05, 0.1) is 11.4 Å². The molecule has 8 aromatic carbocycles. The van der Waals surface area contributed by atoms with Gasteiger partial charge in [-0.05, 0) is 49.9 Å². The van der Waals surface area contributed by atoms with Crippen molar-refractivity contribution < 1.29 is 17.1 Å². The van der Waals surface area contributed by atoms with E-state index in [1.807, 2.05) is 36.4 Å². The van der Waals surface area contributed by atoms with E-state index in [1.54, 1.807) is 12.4 Å². The summed E-state index contributed by atoms with van der Waals surface area (Å²) in [6.45, 7) is 7.84. The predicted molar refractivity (Wildman–Crippen MR) is 367 cm³/mol. The van der Waals surface area contributed by atoms with Crippen LogP contribution >= 0.6 is 0 Å². The van der Waals surface area contributed by atoms with Gasteiger partial charge < -0.3 is 21.3 Å². The Labute approximate surface area is 525 Å². The van der Waals surface area contributed by atoms with Crippen LogP contribution in [0.5, 0.6) is 0 Å². The Morgan fingerprint density at radius 3 is 0.563 bits per heavy atom. The van der Waals surface area contributed by atoms with Crippen molar-refractivity contribution in [2.24, 2.45) is 20.0 Å². The molecule has 10 aromatic rings. The normalized spacial score (nSPS) is 14.2. The second-order valence-corrected chi connectivity index (χ2v) is 21.5. The number of benzene rings is 8. The Morgan fingerprint density at radius 1 is 0.230 bits per heavy atom. The van der Waals surface area contributed by atoms with Gasteiger partial charge in [0, 0.05) is 64.8 Å². The predicted octanol–water partition coefficient (Wildman–Crippen LogP) is 7.81. The molecular weight excluding hydrogens is 1110 g/mol. The van der Waals surface area contributed by atoms with E-state index >= 15 is 0 Å². The molecule has 0 amide bonds. The number of rotatable bonds is 11. The van der Waals surface area contributed by atoms with Gasteiger partial charge >= 0.3 is 17.1 Å². The van der Waals surface area contributed by atoms with Gasteiger partial charge in [-0.15, -0.1) is 0 Å². The van der Waals surface area contributed by atoms with Crippen molar-refractivity contribution in [3.8, 4) is 11.4 Å². The number of hydrogen-bond donors (Lipinski definition) is 4. The van der Waals surface area contributed by atoms with E-state index in [1.165, 1.54) is 43.7 Å². The maximum absolute atomic E-state index is 4.37. The number of hydrogen-bond acceptors (Lipinski definition) is 10. The van der Waals surface area contributed by atoms with Crippen LogP contribution in [0.1, 0.15) is 25.7 Å². The monoisotopic (exact) mass is 1180 g/mol. The first kappa shape index (κ1) is 62.1. The molecule has 436 valence electrons. The molecule has 14 rings (SSSR count). The molecule has 13 heteroatoms. The quantitative estimate of drug-likeness (QED) is 0.0982. The first-order chi connectivity index (χ1) is 42.7. The van der Waals surface area contributed by atoms with E-state index in [0.717, 1.165) is 113 Å². The molecule has 2 aromatic heterocycles. The zero-order valence-corrected chi connectivity index (χ0v) is 50.5. The Balaban J connectivity index is 0.000000135. The van der Waals surface area contributed by atoms with Gasteiger partial charge in [-0.3, -0.25) is 29.9 Å². The maximum atomic E-state index is 4.37. The fourth-order valence-electron chi connectivity index (χ4n) is 12.0. The van der Waals surface area contributed by atoms with Crippen LogP contribution in [-0.2, 0) is 17.1 Å². The van der Waals surface area contributed by atoms with Crippen LogP contribution in [0.4, 0.5) is 0 Å². The van der Waals surface area contributed by atoms with E-state index in [4.69, 9.17) is 0 Å². The van der Waals surface area contributed by atoms with Crippen molar-refractivity contribution in [2.75, 3.05) is 52.4 Å². The molecule has 0 bridgehead atoms. The molecule has 0 unspecified atom stereocenters. The Kier molecular flexibility index (Phi) is 23.8. The summed E-state index contributed by atoms with van der Waals surface area (Å²) in [5.74, 6) is 3.84. The summed E-state index contributed by atoms with van der Waals surface area (Å²) in [7, 11) is 0. The fourth-order valence-corrected chi connectivity index (χ4v) is 12.0. The number of amidine groups is 4. The van der Waals surface area contributed by atoms with E-state index in [0.29, 0.717) is 0 Å². The minimum absolute atomic E-state index is 0. The van der Waals surface area contributed by atoms with Crippen LogP contribution in [0.15, 0.2) is 311 Å². The van der Waals surface area contributed by atoms with Gasteiger partial charge in [-0.1, -0.05) is 255 Å². The summed E-state index contributed by atoms with van der Waals surface area (Å²) in [6.07, 6.45) is 5.65. The molecule has 0 saturated heterocycles. The van der Waals surface area contributed by atoms with Crippen LogP contribution in [0, 0.1) is 0 Å². The Bertz CT molecular complexity index is 3070. The zero-order valence-electron chi connectivity index (χ0n) is 49.4. The maximum Gasteiger partial charge on any atom is 2.00 e. The molecule has 0 atom stereocenters. The van der Waals surface area contributed by atoms with Crippen LogP contribution in [0.2, 0.25) is 0 Å². The van der Waals surface area contributed by atoms with Gasteiger partial charge in [0.25, 0.3) is 0 Å². The summed E-state index contributed by atoms with van der Waals surface area (Å²) in [6, 6.07) is 98.6. The van der Waals surface area contributed by atoms with Gasteiger partial charge in [0.15, 0.2) is 23.3 Å². The average Bonchev–Trinajstić information content (AvgIpc) is 0.950. The SMILES string of the molecule is C1CN=C(C2=NCCCN2)NC1.C1CN=C(C2=NCCCN2)NC1.[Fe+2].c1ccc(-c2ccccn2)nc1.c1ccc([B-](c2ccccc2)(c2ccccc2)c2ccccc2)cc1.c1ccc([B-](c2ccccc2)(c2ccccc2)c2ccccc2)cc1. The molecule has 4 aliphatic heterocycles. The average molecular weight is 1180 g/mol. The minimum Gasteiger partial charge on any atom is -0.367 e. The molecule has 6 heterocycles. The molecule has 0 fully saturated rings. The van der Waals surface area contributed by atoms with Gasteiger partial charge in [-0.2, -0.15) is 43.7 Å². The summed E-state index contributed by atoms with van der Waals surface area (Å²) >= 11 is 0. The molecule has 0 saturated carbocycles. The number of pyridine rings is 2. The molecule has 87 heavy (non-hydrogen) atoms. The summed E-state index contributed by atoms with van der Waals surface area (Å²) in [4.78, 5) is 25.8. The van der Waals surface area contributed by atoms with E-state index in [-0.39, 0.29) is 17.1 Å². The van der Waals surface area contributed by atoms with E-state index in [9.17, 15) is 0 Å². The largest absolute Gasteiger partial charge is 2.00 e. The van der Waals surface area contributed by atoms with Crippen LogP contribution < -0.4 is 65.0 Å². The third-order valence-electron chi connectivity index (χ3n) is 16.0. The summed E-state index contributed by atoms with van der Waals surface area (Å²) in [5.41, 5.74) is 12.5. The standard InChI is InChI=1S/2C24H20B.C10H8N2.2C8H14N4.Fe/c2*1-5-13-21(14-6-1)25(22-15-7-2-8-16-22,23-17-9-3-10-18-23)24-19-11-4-12-20-24;1-3-7-11-9(5-1)10-6-2-4-8-12-10;2*1-3-9-7(10-4-1)8-11-5-2-6-12-8;/h2*1-20H;1-8H;2*1-6H2,(H,9,10)(H,11,12);/q2*-1;;;;+2. The van der Waals surface area contributed by atoms with E-state index < -0.39 is 12.3 Å². The molecule has 0 aliphatic carbocycles. The molecule has 0 radical (unpaired) electrons. The van der Waals surface area contributed by atoms with Crippen molar-refractivity contribution in [3.63, 3.8) is 0 Å². The number of nitrogens with zero attached hydrogens (tertiary/aromatic N) is 6. The van der Waals surface area contributed by atoms with Gasteiger partial charge in [-0.25, -0.2) is 0 Å². The second-order valence-electron chi connectivity index (χ2n) is 21.5. The molecule has 4 aliphatic rings. The smallest absolute Gasteiger partial charge is 0.367 e. The van der Waals surface area contributed by atoms with Crippen molar-refractivity contribution in [1.82, 2.24) is 31.2 Å². The number of nitrogens with one attached hydrogen (secondary N) is 4. The summed E-state index contributed by atoms with van der Waals surface area (Å²) in [5, 5.41) is 13.0. The second kappa shape index (κ2) is 33.3. The number of aliphatic imine (C=N–C) groups is 4. The number of aromatic nitrogens is 2. The Hall–Kier alpha value is -9.41. The first-order valence-corrected chi connectivity index (χ1v) is 30.5. The van der Waals surface area contributed by atoms with Gasteiger partial charge in [0.2, 0.25) is 0 Å². The van der Waals surface area contributed by atoms with Crippen molar-refractivity contribution in [3.05, 3.63) is 291 Å². The molecular formula is C74H76B2FeN10. The zero-order chi connectivity index (χ0) is 58.6. The van der Waals surface area contributed by atoms with Crippen molar-refractivity contribution in [2.45, 2.75) is 25.7 Å². The molecule has 4 N–H and O–H groups in total. The topological polar surface area (TPSA) is 123 Å². The third kappa shape index (κ3) is 16.1. The van der Waals surface area contributed by atoms with Crippen LogP contribution in [-0.4, -0.2) is 98.0 Å². The van der Waals surface area contributed by atoms with Crippen LogP contribution in [0.3, 0.4) is 0 Å². The fraction of sp³-hybridized carbons (Fsp3) is 0.162. The summed E-state index contributed by atoms with van der Waals surface area (Å²) < 4.78 is 0. The van der Waals surface area contributed by atoms with Gasteiger partial charge in [0.1, 0.15) is 12.3 Å². The first-order valence-electron chi connectivity index (χ1n) is 30.5. The van der Waals surface area contributed by atoms with E-state index in [2.05, 4.69) is 294 Å². The van der Waals surface area contributed by atoms with Crippen molar-refractivity contribution in [1.29, 1.82) is 0 Å². The molecule has 0 spiro atoms.